The normalized spacial score (nSPS) is 11.1. The Bertz CT molecular complexity index is 1350. The summed E-state index contributed by atoms with van der Waals surface area (Å²) in [6, 6.07) is 12.3. The Morgan fingerprint density at radius 2 is 1.74 bits per heavy atom. The highest BCUT2D eigenvalue weighted by atomic mass is 19.1. The molecule has 0 atom stereocenters. The van der Waals surface area contributed by atoms with Crippen molar-refractivity contribution in [2.24, 2.45) is 12.8 Å². The van der Waals surface area contributed by atoms with Gasteiger partial charge in [-0.1, -0.05) is 0 Å². The Balaban J connectivity index is 1.80. The van der Waals surface area contributed by atoms with E-state index >= 15 is 0 Å². The first kappa shape index (κ1) is 20.4. The third-order valence-corrected chi connectivity index (χ3v) is 4.68. The fraction of sp³-hybridized carbons (Fsp3) is 0.190. The van der Waals surface area contributed by atoms with Gasteiger partial charge in [0.1, 0.15) is 11.6 Å². The molecule has 4 aromatic rings. The Hall–Kier alpha value is -3.92. The molecular formula is C21H19FN6O3. The van der Waals surface area contributed by atoms with E-state index in [2.05, 4.69) is 15.2 Å². The molecule has 0 amide bonds. The van der Waals surface area contributed by atoms with Crippen LogP contribution < -0.4 is 21.7 Å². The lowest BCUT2D eigenvalue weighted by atomic mass is 10.2. The molecule has 0 aliphatic heterocycles. The molecule has 10 heteroatoms. The van der Waals surface area contributed by atoms with Gasteiger partial charge < -0.3 is 10.5 Å². The fourth-order valence-electron chi connectivity index (χ4n) is 3.02. The monoisotopic (exact) mass is 422 g/mol. The maximum Gasteiger partial charge on any atom is 0.337 e. The smallest absolute Gasteiger partial charge is 0.337 e. The molecule has 0 unspecified atom stereocenters. The highest BCUT2D eigenvalue weighted by molar-refractivity contribution is 5.73. The molecule has 2 aromatic carbocycles. The van der Waals surface area contributed by atoms with Crippen LogP contribution in [0.4, 0.5) is 4.39 Å². The van der Waals surface area contributed by atoms with Crippen LogP contribution >= 0.6 is 0 Å². The maximum atomic E-state index is 13.3. The van der Waals surface area contributed by atoms with Gasteiger partial charge in [0.15, 0.2) is 17.0 Å². The summed E-state index contributed by atoms with van der Waals surface area (Å²) in [5, 5.41) is 8.20. The molecule has 0 bridgehead atoms. The SMILES string of the molecule is Cn1c(=O)c2nc(-c3ccc(OCCCN)cc3)nnc2n(-c2ccc(F)cc2)c1=O. The fourth-order valence-corrected chi connectivity index (χ4v) is 3.02. The van der Waals surface area contributed by atoms with Crippen molar-refractivity contribution < 1.29 is 9.13 Å². The molecule has 31 heavy (non-hydrogen) atoms. The number of nitrogens with zero attached hydrogens (tertiary/aromatic N) is 5. The van der Waals surface area contributed by atoms with Crippen LogP contribution in [0.25, 0.3) is 28.2 Å². The Labute approximate surface area is 175 Å². The first-order valence-electron chi connectivity index (χ1n) is 9.55. The minimum atomic E-state index is -0.632. The standard InChI is InChI=1S/C21H19FN6O3/c1-27-20(29)17-19(28(21(27)30)15-7-5-14(22)6-8-15)26-25-18(24-17)13-3-9-16(10-4-13)31-12-2-11-23/h3-10H,2,11-12,23H2,1H3. The first-order chi connectivity index (χ1) is 15.0. The number of halogens is 1. The van der Waals surface area contributed by atoms with Gasteiger partial charge >= 0.3 is 5.69 Å². The predicted molar refractivity (Wildman–Crippen MR) is 113 cm³/mol. The van der Waals surface area contributed by atoms with E-state index in [4.69, 9.17) is 10.5 Å². The molecule has 0 radical (unpaired) electrons. The second-order valence-electron chi connectivity index (χ2n) is 6.78. The summed E-state index contributed by atoms with van der Waals surface area (Å²) in [6.45, 7) is 1.06. The van der Waals surface area contributed by atoms with E-state index in [-0.39, 0.29) is 17.0 Å². The van der Waals surface area contributed by atoms with Crippen molar-refractivity contribution >= 4 is 11.2 Å². The Kier molecular flexibility index (Phi) is 5.54. The molecule has 2 N–H and O–H groups in total. The zero-order valence-electron chi connectivity index (χ0n) is 16.7. The van der Waals surface area contributed by atoms with Gasteiger partial charge in [-0.3, -0.25) is 9.36 Å². The van der Waals surface area contributed by atoms with Gasteiger partial charge in [0.25, 0.3) is 5.56 Å². The highest BCUT2D eigenvalue weighted by Crippen LogP contribution is 2.20. The number of nitrogens with two attached hydrogens (primary N) is 1. The van der Waals surface area contributed by atoms with E-state index in [1.807, 2.05) is 0 Å². The second kappa shape index (κ2) is 8.44. The van der Waals surface area contributed by atoms with Crippen LogP contribution in [-0.4, -0.2) is 37.5 Å². The van der Waals surface area contributed by atoms with Crippen molar-refractivity contribution in [3.8, 4) is 22.8 Å². The second-order valence-corrected chi connectivity index (χ2v) is 6.78. The van der Waals surface area contributed by atoms with Gasteiger partial charge in [-0.25, -0.2) is 18.7 Å². The number of fused-ring (bicyclic) bond motifs is 1. The minimum Gasteiger partial charge on any atom is -0.494 e. The number of benzene rings is 2. The van der Waals surface area contributed by atoms with Crippen LogP contribution in [0, 0.1) is 5.82 Å². The van der Waals surface area contributed by atoms with E-state index in [0.717, 1.165) is 11.0 Å². The zero-order valence-corrected chi connectivity index (χ0v) is 16.7. The summed E-state index contributed by atoms with van der Waals surface area (Å²) < 4.78 is 21.0. The number of hydrogen-bond donors (Lipinski definition) is 1. The van der Waals surface area contributed by atoms with E-state index in [1.54, 1.807) is 24.3 Å². The largest absolute Gasteiger partial charge is 0.494 e. The van der Waals surface area contributed by atoms with Crippen LogP contribution in [0.2, 0.25) is 0 Å². The van der Waals surface area contributed by atoms with E-state index in [0.29, 0.717) is 30.2 Å². The van der Waals surface area contributed by atoms with Crippen molar-refractivity contribution in [1.29, 1.82) is 0 Å². The zero-order chi connectivity index (χ0) is 22.0. The molecule has 0 fully saturated rings. The summed E-state index contributed by atoms with van der Waals surface area (Å²) in [7, 11) is 1.35. The van der Waals surface area contributed by atoms with Crippen molar-refractivity contribution in [2.45, 2.75) is 6.42 Å². The summed E-state index contributed by atoms with van der Waals surface area (Å²) in [6.07, 6.45) is 0.749. The van der Waals surface area contributed by atoms with Crippen LogP contribution in [0.3, 0.4) is 0 Å². The highest BCUT2D eigenvalue weighted by Gasteiger charge is 2.17. The molecule has 0 spiro atoms. The van der Waals surface area contributed by atoms with Gasteiger partial charge in [0.2, 0.25) is 0 Å². The van der Waals surface area contributed by atoms with Gasteiger partial charge in [0, 0.05) is 12.6 Å². The summed E-state index contributed by atoms with van der Waals surface area (Å²) in [4.78, 5) is 29.8. The third-order valence-electron chi connectivity index (χ3n) is 4.68. The number of hydrogen-bond acceptors (Lipinski definition) is 7. The Morgan fingerprint density at radius 3 is 2.42 bits per heavy atom. The molecule has 0 aliphatic rings. The third kappa shape index (κ3) is 3.92. The van der Waals surface area contributed by atoms with Crippen LogP contribution in [0.15, 0.2) is 58.1 Å². The molecule has 9 nitrogen and oxygen atoms in total. The average Bonchev–Trinajstić information content (AvgIpc) is 2.79. The van der Waals surface area contributed by atoms with E-state index in [9.17, 15) is 14.0 Å². The lowest BCUT2D eigenvalue weighted by molar-refractivity contribution is 0.313. The van der Waals surface area contributed by atoms with Crippen LogP contribution in [-0.2, 0) is 7.05 Å². The first-order valence-corrected chi connectivity index (χ1v) is 9.55. The summed E-state index contributed by atoms with van der Waals surface area (Å²) >= 11 is 0. The topological polar surface area (TPSA) is 118 Å². The van der Waals surface area contributed by atoms with Gasteiger partial charge in [-0.2, -0.15) is 0 Å². The summed E-state index contributed by atoms with van der Waals surface area (Å²) in [5.41, 5.74) is 5.16. The van der Waals surface area contributed by atoms with Gasteiger partial charge in [0.05, 0.1) is 12.3 Å². The van der Waals surface area contributed by atoms with Crippen LogP contribution in [0.5, 0.6) is 5.75 Å². The molecule has 2 heterocycles. The summed E-state index contributed by atoms with van der Waals surface area (Å²) in [5.74, 6) is 0.447. The number of rotatable bonds is 6. The van der Waals surface area contributed by atoms with E-state index in [1.165, 1.54) is 35.9 Å². The Morgan fingerprint density at radius 1 is 1.03 bits per heavy atom. The quantitative estimate of drug-likeness (QED) is 0.467. The van der Waals surface area contributed by atoms with Crippen LogP contribution in [0.1, 0.15) is 6.42 Å². The average molecular weight is 422 g/mol. The van der Waals surface area contributed by atoms with E-state index < -0.39 is 17.1 Å². The molecule has 0 saturated carbocycles. The lowest BCUT2D eigenvalue weighted by Crippen LogP contribution is -2.38. The molecular weight excluding hydrogens is 403 g/mol. The van der Waals surface area contributed by atoms with Crippen molar-refractivity contribution in [1.82, 2.24) is 24.3 Å². The molecule has 0 saturated heterocycles. The van der Waals surface area contributed by atoms with Crippen molar-refractivity contribution in [2.75, 3.05) is 13.2 Å². The molecule has 4 rings (SSSR count). The van der Waals surface area contributed by atoms with Crippen molar-refractivity contribution in [3.05, 3.63) is 75.2 Å². The predicted octanol–water partition coefficient (Wildman–Crippen LogP) is 1.41. The molecule has 2 aromatic heterocycles. The van der Waals surface area contributed by atoms with Gasteiger partial charge in [-0.05, 0) is 61.5 Å². The minimum absolute atomic E-state index is 0.00908. The lowest BCUT2D eigenvalue weighted by Gasteiger charge is -2.11. The molecule has 158 valence electrons. The number of aromatic nitrogens is 5. The molecule has 0 aliphatic carbocycles. The van der Waals surface area contributed by atoms with Crippen molar-refractivity contribution in [3.63, 3.8) is 0 Å². The van der Waals surface area contributed by atoms with Gasteiger partial charge in [-0.15, -0.1) is 10.2 Å². The maximum absolute atomic E-state index is 13.3. The number of ether oxygens (including phenoxy) is 1.